The Morgan fingerprint density at radius 3 is 2.64 bits per heavy atom. The molecule has 1 fully saturated rings. The lowest BCUT2D eigenvalue weighted by molar-refractivity contribution is -0.660. The Morgan fingerprint density at radius 2 is 1.95 bits per heavy atom. The van der Waals surface area contributed by atoms with Crippen molar-refractivity contribution in [2.75, 3.05) is 0 Å². The maximum Gasteiger partial charge on any atom is 0.212 e. The summed E-state index contributed by atoms with van der Waals surface area (Å²) in [6.07, 6.45) is 4.73. The van der Waals surface area contributed by atoms with Crippen LogP contribution >= 0.6 is 0 Å². The predicted octanol–water partition coefficient (Wildman–Crippen LogP) is 4.84. The van der Waals surface area contributed by atoms with Crippen molar-refractivity contribution >= 4 is 0 Å². The van der Waals surface area contributed by atoms with Crippen LogP contribution in [0.15, 0.2) is 30.5 Å². The molecule has 0 aliphatic heterocycles. The SMILES string of the molecule is [2H]C([2H])([2H])c1ccc(-c2cc(C)c(C([2H])([2H])C3CCCC3)c[n+]2C)c(C)c1. The molecule has 3 rings (SSSR count). The fourth-order valence-electron chi connectivity index (χ4n) is 3.41. The van der Waals surface area contributed by atoms with E-state index in [9.17, 15) is 0 Å². The first-order chi connectivity index (χ1) is 12.5. The summed E-state index contributed by atoms with van der Waals surface area (Å²) < 4.78 is 42.1. The molecular formula is C21H28N+. The Balaban J connectivity index is 2.03. The minimum absolute atomic E-state index is 0.0855. The number of rotatable bonds is 3. The number of aryl methyl sites for hydroxylation is 4. The van der Waals surface area contributed by atoms with Gasteiger partial charge in [0.15, 0.2) is 6.20 Å². The minimum Gasteiger partial charge on any atom is -0.201 e. The molecule has 2 aromatic rings. The molecule has 1 heterocycles. The molecule has 0 radical (unpaired) electrons. The molecule has 1 aromatic heterocycles. The summed E-state index contributed by atoms with van der Waals surface area (Å²) in [7, 11) is 1.93. The summed E-state index contributed by atoms with van der Waals surface area (Å²) >= 11 is 0. The van der Waals surface area contributed by atoms with E-state index in [0.29, 0.717) is 5.56 Å². The van der Waals surface area contributed by atoms with Gasteiger partial charge >= 0.3 is 0 Å². The quantitative estimate of drug-likeness (QED) is 0.714. The molecule has 0 saturated heterocycles. The van der Waals surface area contributed by atoms with Crippen LogP contribution in [-0.2, 0) is 13.4 Å². The van der Waals surface area contributed by atoms with Crippen LogP contribution in [0, 0.1) is 26.6 Å². The Kier molecular flexibility index (Phi) is 2.89. The number of pyridine rings is 1. The highest BCUT2D eigenvalue weighted by atomic mass is 14.9. The van der Waals surface area contributed by atoms with Gasteiger partial charge in [-0.2, -0.15) is 0 Å². The van der Waals surface area contributed by atoms with Gasteiger partial charge < -0.3 is 0 Å². The molecule has 0 spiro atoms. The minimum atomic E-state index is -2.11. The predicted molar refractivity (Wildman–Crippen MR) is 92.9 cm³/mol. The molecule has 1 nitrogen and oxygen atoms in total. The van der Waals surface area contributed by atoms with Gasteiger partial charge in [-0.3, -0.25) is 0 Å². The molecule has 1 aliphatic rings. The number of benzene rings is 1. The van der Waals surface area contributed by atoms with Crippen molar-refractivity contribution in [1.82, 2.24) is 0 Å². The van der Waals surface area contributed by atoms with Crippen LogP contribution in [0.1, 0.15) is 54.8 Å². The molecule has 1 aliphatic carbocycles. The molecule has 0 amide bonds. The van der Waals surface area contributed by atoms with E-state index < -0.39 is 13.2 Å². The van der Waals surface area contributed by atoms with Gasteiger partial charge in [-0.1, -0.05) is 43.4 Å². The van der Waals surface area contributed by atoms with Crippen LogP contribution in [0.5, 0.6) is 0 Å². The number of hydrogen-bond acceptors (Lipinski definition) is 0. The third-order valence-corrected chi connectivity index (χ3v) is 4.70. The first-order valence-electron chi connectivity index (χ1n) is 10.6. The molecule has 22 heavy (non-hydrogen) atoms. The Hall–Kier alpha value is -1.63. The van der Waals surface area contributed by atoms with Gasteiger partial charge in [-0.05, 0) is 50.2 Å². The summed E-state index contributed by atoms with van der Waals surface area (Å²) in [5.74, 6) is 0.0855. The van der Waals surface area contributed by atoms with Crippen molar-refractivity contribution < 1.29 is 11.4 Å². The van der Waals surface area contributed by atoms with Gasteiger partial charge in [-0.25, -0.2) is 4.57 Å². The van der Waals surface area contributed by atoms with Crippen LogP contribution in [-0.4, -0.2) is 0 Å². The lowest BCUT2D eigenvalue weighted by Crippen LogP contribution is -2.32. The fourth-order valence-corrected chi connectivity index (χ4v) is 3.41. The highest BCUT2D eigenvalue weighted by Gasteiger charge is 2.20. The second kappa shape index (κ2) is 6.24. The van der Waals surface area contributed by atoms with Crippen LogP contribution in [0.3, 0.4) is 0 Å². The maximum absolute atomic E-state index is 8.71. The number of aromatic nitrogens is 1. The lowest BCUT2D eigenvalue weighted by atomic mass is 9.94. The second-order valence-corrected chi connectivity index (χ2v) is 6.52. The van der Waals surface area contributed by atoms with E-state index in [2.05, 4.69) is 0 Å². The van der Waals surface area contributed by atoms with Gasteiger partial charge in [0.2, 0.25) is 5.69 Å². The van der Waals surface area contributed by atoms with Gasteiger partial charge in [0.25, 0.3) is 0 Å². The smallest absolute Gasteiger partial charge is 0.201 e. The molecule has 1 saturated carbocycles. The van der Waals surface area contributed by atoms with Crippen LogP contribution in [0.25, 0.3) is 11.3 Å². The summed E-state index contributed by atoms with van der Waals surface area (Å²) in [4.78, 5) is 0. The molecule has 0 N–H and O–H groups in total. The van der Waals surface area contributed by atoms with Gasteiger partial charge in [0, 0.05) is 24.0 Å². The molecule has 0 bridgehead atoms. The fraction of sp³-hybridized carbons (Fsp3) is 0.476. The molecule has 1 aromatic carbocycles. The Labute approximate surface area is 142 Å². The molecular weight excluding hydrogens is 266 g/mol. The summed E-state index contributed by atoms with van der Waals surface area (Å²) in [6.45, 7) is 1.78. The largest absolute Gasteiger partial charge is 0.212 e. The second-order valence-electron chi connectivity index (χ2n) is 6.52. The highest BCUT2D eigenvalue weighted by Crippen LogP contribution is 2.29. The van der Waals surface area contributed by atoms with Crippen LogP contribution in [0.2, 0.25) is 0 Å². The van der Waals surface area contributed by atoms with E-state index in [0.717, 1.165) is 53.6 Å². The Morgan fingerprint density at radius 1 is 1.18 bits per heavy atom. The molecule has 116 valence electrons. The van der Waals surface area contributed by atoms with Gasteiger partial charge in [0.1, 0.15) is 7.05 Å². The summed E-state index contributed by atoms with van der Waals surface area (Å²) in [5, 5.41) is 0. The molecule has 0 atom stereocenters. The van der Waals surface area contributed by atoms with Crippen molar-refractivity contribution in [2.45, 2.75) is 52.8 Å². The third-order valence-electron chi connectivity index (χ3n) is 4.70. The van der Waals surface area contributed by atoms with Crippen molar-refractivity contribution in [3.8, 4) is 11.3 Å². The van der Waals surface area contributed by atoms with E-state index in [1.807, 2.05) is 43.8 Å². The standard InChI is InChI=1S/C21H28N/c1-15-9-10-20(17(3)11-15)21-12-16(2)19(14-22(21)4)13-18-7-5-6-8-18/h9-12,14,18H,5-8,13H2,1-4H3/q+1/i1D3,13D2. The monoisotopic (exact) mass is 299 g/mol. The Bertz CT molecular complexity index is 848. The summed E-state index contributed by atoms with van der Waals surface area (Å²) in [6, 6.07) is 7.27. The van der Waals surface area contributed by atoms with Crippen molar-refractivity contribution in [2.24, 2.45) is 13.0 Å². The van der Waals surface area contributed by atoms with Crippen molar-refractivity contribution in [3.63, 3.8) is 0 Å². The van der Waals surface area contributed by atoms with E-state index >= 15 is 0 Å². The van der Waals surface area contributed by atoms with E-state index in [1.54, 1.807) is 12.1 Å². The first-order valence-corrected chi connectivity index (χ1v) is 8.14. The average Bonchev–Trinajstić information content (AvgIpc) is 3.11. The number of hydrogen-bond donors (Lipinski definition) is 0. The normalized spacial score (nSPS) is 20.0. The topological polar surface area (TPSA) is 3.88 Å². The molecule has 1 heteroatoms. The zero-order valence-corrected chi connectivity index (χ0v) is 13.7. The maximum atomic E-state index is 8.71. The van der Waals surface area contributed by atoms with Gasteiger partial charge in [0.05, 0.1) is 0 Å². The van der Waals surface area contributed by atoms with E-state index in [4.69, 9.17) is 6.85 Å². The van der Waals surface area contributed by atoms with Gasteiger partial charge in [-0.15, -0.1) is 0 Å². The zero-order chi connectivity index (χ0) is 20.0. The number of nitrogens with zero attached hydrogens (tertiary/aromatic N) is 1. The van der Waals surface area contributed by atoms with E-state index in [-0.39, 0.29) is 5.92 Å². The van der Waals surface area contributed by atoms with Crippen LogP contribution < -0.4 is 4.57 Å². The highest BCUT2D eigenvalue weighted by molar-refractivity contribution is 5.62. The zero-order valence-electron chi connectivity index (χ0n) is 18.7. The summed E-state index contributed by atoms with van der Waals surface area (Å²) in [5.41, 5.74) is 4.90. The third kappa shape index (κ3) is 3.09. The first kappa shape index (κ1) is 10.2. The van der Waals surface area contributed by atoms with Crippen molar-refractivity contribution in [3.05, 3.63) is 52.7 Å². The van der Waals surface area contributed by atoms with Crippen molar-refractivity contribution in [1.29, 1.82) is 0 Å². The van der Waals surface area contributed by atoms with Crippen LogP contribution in [0.4, 0.5) is 0 Å². The lowest BCUT2D eigenvalue weighted by Gasteiger charge is -2.12. The average molecular weight is 299 g/mol. The molecule has 0 unspecified atom stereocenters. The van der Waals surface area contributed by atoms with E-state index in [1.165, 1.54) is 0 Å².